The van der Waals surface area contributed by atoms with Gasteiger partial charge < -0.3 is 0 Å². The number of thiophene rings is 1. The first-order valence-corrected chi connectivity index (χ1v) is 19.1. The molecular weight excluding hydrogens is 657 g/mol. The topological polar surface area (TPSA) is 0 Å². The molecule has 1 heterocycles. The number of hydrogen-bond acceptors (Lipinski definition) is 1. The Kier molecular flexibility index (Phi) is 6.83. The lowest BCUT2D eigenvalue weighted by molar-refractivity contribution is 1.62. The number of fused-ring (bicyclic) bond motifs is 7. The summed E-state index contributed by atoms with van der Waals surface area (Å²) >= 11 is 1.89. The van der Waals surface area contributed by atoms with Gasteiger partial charge in [-0.1, -0.05) is 164 Å². The molecule has 0 N–H and O–H groups in total. The van der Waals surface area contributed by atoms with Crippen LogP contribution in [0.2, 0.25) is 0 Å². The van der Waals surface area contributed by atoms with Crippen LogP contribution in [0.25, 0.3) is 108 Å². The molecule has 0 atom stereocenters. The molecule has 0 unspecified atom stereocenters. The highest BCUT2D eigenvalue weighted by atomic mass is 32.1. The Morgan fingerprint density at radius 2 is 0.774 bits per heavy atom. The molecule has 0 aliphatic heterocycles. The van der Waals surface area contributed by atoms with Crippen molar-refractivity contribution >= 4 is 74.6 Å². The minimum Gasteiger partial charge on any atom is -0.135 e. The van der Waals surface area contributed by atoms with Gasteiger partial charge in [-0.3, -0.25) is 0 Å². The van der Waals surface area contributed by atoms with Crippen LogP contribution in [-0.4, -0.2) is 0 Å². The van der Waals surface area contributed by atoms with Gasteiger partial charge >= 0.3 is 0 Å². The van der Waals surface area contributed by atoms with E-state index >= 15 is 0 Å². The smallest absolute Gasteiger partial charge is 0.0433 e. The molecular formula is C52H32S. The van der Waals surface area contributed by atoms with Gasteiger partial charge in [-0.25, -0.2) is 0 Å². The molecule has 0 radical (unpaired) electrons. The van der Waals surface area contributed by atoms with Crippen LogP contribution in [0.3, 0.4) is 0 Å². The van der Waals surface area contributed by atoms with Gasteiger partial charge in [-0.05, 0) is 118 Å². The van der Waals surface area contributed by atoms with Crippen LogP contribution in [0.5, 0.6) is 0 Å². The van der Waals surface area contributed by atoms with Crippen LogP contribution in [-0.2, 0) is 0 Å². The first kappa shape index (κ1) is 30.1. The number of rotatable bonds is 4. The van der Waals surface area contributed by atoms with Crippen LogP contribution < -0.4 is 0 Å². The molecule has 0 saturated carbocycles. The van der Waals surface area contributed by atoms with E-state index in [1.807, 2.05) is 11.3 Å². The van der Waals surface area contributed by atoms with E-state index in [0.29, 0.717) is 0 Å². The predicted octanol–water partition coefficient (Wildman–Crippen LogP) is 15.3. The van der Waals surface area contributed by atoms with E-state index in [2.05, 4.69) is 194 Å². The van der Waals surface area contributed by atoms with Gasteiger partial charge in [0.1, 0.15) is 0 Å². The summed E-state index contributed by atoms with van der Waals surface area (Å²) in [4.78, 5) is 0. The quantitative estimate of drug-likeness (QED) is 0.162. The molecule has 0 aliphatic carbocycles. The van der Waals surface area contributed by atoms with Crippen molar-refractivity contribution in [3.63, 3.8) is 0 Å². The molecule has 10 aromatic carbocycles. The highest BCUT2D eigenvalue weighted by molar-refractivity contribution is 7.26. The summed E-state index contributed by atoms with van der Waals surface area (Å²) in [7, 11) is 0. The van der Waals surface area contributed by atoms with Crippen molar-refractivity contribution < 1.29 is 0 Å². The Bertz CT molecular complexity index is 3230. The maximum Gasteiger partial charge on any atom is 0.0433 e. The lowest BCUT2D eigenvalue weighted by Gasteiger charge is -2.19. The number of hydrogen-bond donors (Lipinski definition) is 0. The lowest BCUT2D eigenvalue weighted by atomic mass is 9.84. The van der Waals surface area contributed by atoms with Gasteiger partial charge in [0.05, 0.1) is 0 Å². The minimum absolute atomic E-state index is 1.21. The van der Waals surface area contributed by atoms with E-state index in [4.69, 9.17) is 0 Å². The summed E-state index contributed by atoms with van der Waals surface area (Å²) in [6, 6.07) is 71.9. The molecule has 1 aromatic heterocycles. The fourth-order valence-electron chi connectivity index (χ4n) is 8.51. The largest absolute Gasteiger partial charge is 0.135 e. The fraction of sp³-hybridized carbons (Fsp3) is 0. The maximum absolute atomic E-state index is 2.44. The zero-order valence-corrected chi connectivity index (χ0v) is 29.7. The number of benzene rings is 10. The van der Waals surface area contributed by atoms with Crippen LogP contribution in [0.15, 0.2) is 194 Å². The highest BCUT2D eigenvalue weighted by Gasteiger charge is 2.19. The Labute approximate surface area is 311 Å². The van der Waals surface area contributed by atoms with Gasteiger partial charge in [0, 0.05) is 20.2 Å². The van der Waals surface area contributed by atoms with Crippen LogP contribution in [0, 0.1) is 0 Å². The molecule has 0 saturated heterocycles. The summed E-state index contributed by atoms with van der Waals surface area (Å²) in [6.07, 6.45) is 0. The third-order valence-electron chi connectivity index (χ3n) is 11.0. The summed E-state index contributed by atoms with van der Waals surface area (Å²) in [5, 5.41) is 12.7. The summed E-state index contributed by atoms with van der Waals surface area (Å²) < 4.78 is 2.67. The van der Waals surface area contributed by atoms with Gasteiger partial charge in [-0.2, -0.15) is 0 Å². The van der Waals surface area contributed by atoms with E-state index < -0.39 is 0 Å². The average molecular weight is 689 g/mol. The standard InChI is InChI=1S/C52H32S/c1-3-13-35-30-40(25-23-33(35)11-1)50-44-18-5-6-19-45(44)51(41-26-24-34-12-2-4-14-36(34)31-41)48-32-38(27-28-46(48)50)37-15-9-16-39(29-37)42-20-10-21-47-43-17-7-8-22-49(43)53-52(42)47/h1-32H. The molecule has 246 valence electrons. The van der Waals surface area contributed by atoms with Crippen LogP contribution in [0.1, 0.15) is 0 Å². The van der Waals surface area contributed by atoms with Gasteiger partial charge in [-0.15, -0.1) is 11.3 Å². The lowest BCUT2D eigenvalue weighted by Crippen LogP contribution is -1.92. The molecule has 11 rings (SSSR count). The van der Waals surface area contributed by atoms with Crippen molar-refractivity contribution in [1.82, 2.24) is 0 Å². The van der Waals surface area contributed by atoms with E-state index in [-0.39, 0.29) is 0 Å². The van der Waals surface area contributed by atoms with Crippen molar-refractivity contribution in [3.8, 4) is 44.5 Å². The van der Waals surface area contributed by atoms with E-state index in [0.717, 1.165) is 0 Å². The zero-order valence-electron chi connectivity index (χ0n) is 28.9. The van der Waals surface area contributed by atoms with E-state index in [1.165, 1.54) is 108 Å². The SMILES string of the molecule is c1cc(-c2ccc3c(-c4ccc5ccccc5c4)c4ccccc4c(-c4ccc5ccccc5c4)c3c2)cc(-c2cccc3c2sc2ccccc23)c1. The Hall–Kier alpha value is -6.54. The van der Waals surface area contributed by atoms with E-state index in [1.54, 1.807) is 0 Å². The van der Waals surface area contributed by atoms with E-state index in [9.17, 15) is 0 Å². The molecule has 0 fully saturated rings. The third kappa shape index (κ3) is 4.89. The summed E-state index contributed by atoms with van der Waals surface area (Å²) in [6.45, 7) is 0. The molecule has 53 heavy (non-hydrogen) atoms. The maximum atomic E-state index is 2.44. The summed E-state index contributed by atoms with van der Waals surface area (Å²) in [5.74, 6) is 0. The zero-order chi connectivity index (χ0) is 34.9. The summed E-state index contributed by atoms with van der Waals surface area (Å²) in [5.41, 5.74) is 9.98. The monoisotopic (exact) mass is 688 g/mol. The van der Waals surface area contributed by atoms with Crippen molar-refractivity contribution in [3.05, 3.63) is 194 Å². The van der Waals surface area contributed by atoms with Gasteiger partial charge in [0.25, 0.3) is 0 Å². The predicted molar refractivity (Wildman–Crippen MR) is 231 cm³/mol. The van der Waals surface area contributed by atoms with Crippen LogP contribution >= 0.6 is 11.3 Å². The molecule has 0 spiro atoms. The fourth-order valence-corrected chi connectivity index (χ4v) is 9.75. The van der Waals surface area contributed by atoms with Crippen molar-refractivity contribution in [2.75, 3.05) is 0 Å². The second kappa shape index (κ2) is 12.0. The van der Waals surface area contributed by atoms with Crippen molar-refractivity contribution in [1.29, 1.82) is 0 Å². The molecule has 11 aromatic rings. The molecule has 1 heteroatoms. The normalized spacial score (nSPS) is 11.8. The van der Waals surface area contributed by atoms with Crippen molar-refractivity contribution in [2.45, 2.75) is 0 Å². The Morgan fingerprint density at radius 1 is 0.264 bits per heavy atom. The second-order valence-electron chi connectivity index (χ2n) is 14.0. The average Bonchev–Trinajstić information content (AvgIpc) is 3.61. The first-order chi connectivity index (χ1) is 26.3. The van der Waals surface area contributed by atoms with Crippen molar-refractivity contribution in [2.24, 2.45) is 0 Å². The third-order valence-corrected chi connectivity index (χ3v) is 12.2. The first-order valence-electron chi connectivity index (χ1n) is 18.2. The highest BCUT2D eigenvalue weighted by Crippen LogP contribution is 2.46. The molecule has 0 bridgehead atoms. The minimum atomic E-state index is 1.21. The van der Waals surface area contributed by atoms with Crippen LogP contribution in [0.4, 0.5) is 0 Å². The molecule has 0 amide bonds. The van der Waals surface area contributed by atoms with Gasteiger partial charge in [0.2, 0.25) is 0 Å². The Morgan fingerprint density at radius 3 is 1.49 bits per heavy atom. The Balaban J connectivity index is 1.17. The van der Waals surface area contributed by atoms with Gasteiger partial charge in [0.15, 0.2) is 0 Å². The molecule has 0 nitrogen and oxygen atoms in total. The second-order valence-corrected chi connectivity index (χ2v) is 15.1. The molecule has 0 aliphatic rings.